The number of carboxylic acids is 1. The molecule has 2 aromatic rings. The zero-order chi connectivity index (χ0) is 17.3. The number of carbonyl (C=O) groups excluding carboxylic acids is 1. The number of ether oxygens (including phenoxy) is 1. The van der Waals surface area contributed by atoms with Crippen LogP contribution in [0.2, 0.25) is 0 Å². The van der Waals surface area contributed by atoms with Gasteiger partial charge in [-0.05, 0) is 49.9 Å². The van der Waals surface area contributed by atoms with Gasteiger partial charge in [0.2, 0.25) is 0 Å². The Morgan fingerprint density at radius 1 is 1.25 bits per heavy atom. The van der Waals surface area contributed by atoms with Gasteiger partial charge in [0.25, 0.3) is 5.91 Å². The van der Waals surface area contributed by atoms with Crippen LogP contribution in [0.4, 0.5) is 0 Å². The van der Waals surface area contributed by atoms with Crippen LogP contribution in [0.5, 0.6) is 0 Å². The van der Waals surface area contributed by atoms with Gasteiger partial charge in [-0.2, -0.15) is 0 Å². The van der Waals surface area contributed by atoms with Crippen LogP contribution in [-0.4, -0.2) is 41.7 Å². The van der Waals surface area contributed by atoms with E-state index in [2.05, 4.69) is 16.4 Å². The van der Waals surface area contributed by atoms with E-state index in [9.17, 15) is 14.7 Å². The first kappa shape index (κ1) is 16.5. The second-order valence-corrected chi connectivity index (χ2v) is 6.61. The zero-order valence-corrected chi connectivity index (χ0v) is 13.9. The molecule has 3 rings (SSSR count). The minimum atomic E-state index is -0.938. The van der Waals surface area contributed by atoms with Crippen LogP contribution in [0.3, 0.4) is 0 Å². The summed E-state index contributed by atoms with van der Waals surface area (Å²) >= 11 is 0. The number of carboxylic acid groups (broad SMARTS) is 1. The molecule has 0 unspecified atom stereocenters. The summed E-state index contributed by atoms with van der Waals surface area (Å²) in [6, 6.07) is 5.88. The van der Waals surface area contributed by atoms with Crippen LogP contribution >= 0.6 is 0 Å². The molecule has 0 bridgehead atoms. The van der Waals surface area contributed by atoms with Crippen LogP contribution in [0.15, 0.2) is 18.2 Å². The fourth-order valence-electron chi connectivity index (χ4n) is 3.29. The number of aliphatic carboxylic acids is 1. The van der Waals surface area contributed by atoms with Crippen molar-refractivity contribution in [1.29, 1.82) is 0 Å². The van der Waals surface area contributed by atoms with E-state index in [1.807, 2.05) is 26.0 Å². The molecule has 0 aliphatic carbocycles. The van der Waals surface area contributed by atoms with Crippen molar-refractivity contribution >= 4 is 22.8 Å². The molecular weight excluding hydrogens is 308 g/mol. The Morgan fingerprint density at radius 2 is 1.96 bits per heavy atom. The minimum absolute atomic E-state index is 0.109. The molecule has 1 aromatic heterocycles. The molecule has 1 aromatic carbocycles. The van der Waals surface area contributed by atoms with Gasteiger partial charge in [0.15, 0.2) is 0 Å². The number of hydrogen-bond donors (Lipinski definition) is 3. The fourth-order valence-corrected chi connectivity index (χ4v) is 3.29. The second-order valence-electron chi connectivity index (χ2n) is 6.61. The predicted octanol–water partition coefficient (Wildman–Crippen LogP) is 2.40. The Balaban J connectivity index is 1.77. The molecular formula is C18H22N2O4. The Morgan fingerprint density at radius 3 is 2.62 bits per heavy atom. The lowest BCUT2D eigenvalue weighted by molar-refractivity contribution is -0.154. The summed E-state index contributed by atoms with van der Waals surface area (Å²) in [5.74, 6) is -1.16. The number of amides is 1. The molecule has 24 heavy (non-hydrogen) atoms. The second kappa shape index (κ2) is 6.28. The number of fused-ring (bicyclic) bond motifs is 1. The molecule has 1 aliphatic rings. The van der Waals surface area contributed by atoms with Gasteiger partial charge < -0.3 is 20.1 Å². The topological polar surface area (TPSA) is 91.4 Å². The summed E-state index contributed by atoms with van der Waals surface area (Å²) in [6.07, 6.45) is 0.821. The number of aryl methyl sites for hydroxylation is 2. The van der Waals surface area contributed by atoms with Crippen molar-refractivity contribution in [3.63, 3.8) is 0 Å². The SMILES string of the molecule is Cc1cc(C)c2cc(C(=O)NCC3(C(=O)O)CCOCC3)[nH]c2c1. The summed E-state index contributed by atoms with van der Waals surface area (Å²) in [5.41, 5.74) is 2.66. The largest absolute Gasteiger partial charge is 0.481 e. The lowest BCUT2D eigenvalue weighted by Gasteiger charge is -2.33. The van der Waals surface area contributed by atoms with E-state index in [-0.39, 0.29) is 12.5 Å². The van der Waals surface area contributed by atoms with Crippen molar-refractivity contribution in [2.24, 2.45) is 5.41 Å². The zero-order valence-electron chi connectivity index (χ0n) is 13.9. The highest BCUT2D eigenvalue weighted by Crippen LogP contribution is 2.30. The number of H-pyrrole nitrogens is 1. The molecule has 128 valence electrons. The van der Waals surface area contributed by atoms with Gasteiger partial charge in [0, 0.05) is 30.7 Å². The Bertz CT molecular complexity index is 788. The monoisotopic (exact) mass is 330 g/mol. The Labute approximate surface area is 140 Å². The van der Waals surface area contributed by atoms with Crippen molar-refractivity contribution in [2.45, 2.75) is 26.7 Å². The maximum absolute atomic E-state index is 12.5. The first-order valence-electron chi connectivity index (χ1n) is 8.11. The first-order valence-corrected chi connectivity index (χ1v) is 8.11. The van der Waals surface area contributed by atoms with E-state index in [0.717, 1.165) is 22.0 Å². The number of aromatic nitrogens is 1. The van der Waals surface area contributed by atoms with Crippen molar-refractivity contribution < 1.29 is 19.4 Å². The van der Waals surface area contributed by atoms with E-state index in [1.54, 1.807) is 0 Å². The van der Waals surface area contributed by atoms with E-state index >= 15 is 0 Å². The third kappa shape index (κ3) is 3.01. The number of nitrogens with one attached hydrogen (secondary N) is 2. The summed E-state index contributed by atoms with van der Waals surface area (Å²) in [6.45, 7) is 4.94. The number of hydrogen-bond acceptors (Lipinski definition) is 3. The van der Waals surface area contributed by atoms with Crippen molar-refractivity contribution in [1.82, 2.24) is 10.3 Å². The molecule has 3 N–H and O–H groups in total. The first-order chi connectivity index (χ1) is 11.4. The van der Waals surface area contributed by atoms with Gasteiger partial charge in [-0.3, -0.25) is 9.59 Å². The van der Waals surface area contributed by atoms with Crippen LogP contribution in [0.1, 0.15) is 34.5 Å². The molecule has 2 heterocycles. The van der Waals surface area contributed by atoms with Gasteiger partial charge in [-0.25, -0.2) is 0 Å². The number of carbonyl (C=O) groups is 2. The average Bonchev–Trinajstić information content (AvgIpc) is 2.97. The standard InChI is InChI=1S/C18H22N2O4/c1-11-7-12(2)13-9-15(20-14(13)8-11)16(21)19-10-18(17(22)23)3-5-24-6-4-18/h7-9,20H,3-6,10H2,1-2H3,(H,19,21)(H,22,23). The number of aromatic amines is 1. The summed E-state index contributed by atoms with van der Waals surface area (Å²) in [7, 11) is 0. The molecule has 0 radical (unpaired) electrons. The average molecular weight is 330 g/mol. The number of benzene rings is 1. The van der Waals surface area contributed by atoms with Gasteiger partial charge in [0.05, 0.1) is 5.41 Å². The van der Waals surface area contributed by atoms with E-state index in [4.69, 9.17) is 4.74 Å². The van der Waals surface area contributed by atoms with Crippen LogP contribution in [0.25, 0.3) is 10.9 Å². The molecule has 0 saturated carbocycles. The molecule has 1 aliphatic heterocycles. The van der Waals surface area contributed by atoms with Crippen LogP contribution in [0, 0.1) is 19.3 Å². The molecule has 1 amide bonds. The van der Waals surface area contributed by atoms with Gasteiger partial charge in [-0.15, -0.1) is 0 Å². The van der Waals surface area contributed by atoms with E-state index < -0.39 is 11.4 Å². The number of rotatable bonds is 4. The molecule has 0 spiro atoms. The fraction of sp³-hybridized carbons (Fsp3) is 0.444. The maximum Gasteiger partial charge on any atom is 0.311 e. The van der Waals surface area contributed by atoms with Crippen molar-refractivity contribution in [3.05, 3.63) is 35.0 Å². The van der Waals surface area contributed by atoms with Crippen LogP contribution < -0.4 is 5.32 Å². The molecule has 1 saturated heterocycles. The summed E-state index contributed by atoms with van der Waals surface area (Å²) < 4.78 is 5.25. The lowest BCUT2D eigenvalue weighted by atomic mass is 9.80. The third-order valence-electron chi connectivity index (χ3n) is 4.82. The smallest absolute Gasteiger partial charge is 0.311 e. The van der Waals surface area contributed by atoms with Crippen molar-refractivity contribution in [3.8, 4) is 0 Å². The molecule has 6 heteroatoms. The highest BCUT2D eigenvalue weighted by atomic mass is 16.5. The highest BCUT2D eigenvalue weighted by molar-refractivity contribution is 5.99. The molecule has 0 atom stereocenters. The normalized spacial score (nSPS) is 16.9. The maximum atomic E-state index is 12.5. The quantitative estimate of drug-likeness (QED) is 0.803. The highest BCUT2D eigenvalue weighted by Gasteiger charge is 2.40. The summed E-state index contributed by atoms with van der Waals surface area (Å²) in [5, 5.41) is 13.3. The third-order valence-corrected chi connectivity index (χ3v) is 4.82. The van der Waals surface area contributed by atoms with Gasteiger partial charge in [0.1, 0.15) is 5.69 Å². The van der Waals surface area contributed by atoms with E-state index in [0.29, 0.717) is 31.7 Å². The van der Waals surface area contributed by atoms with Gasteiger partial charge in [-0.1, -0.05) is 6.07 Å². The van der Waals surface area contributed by atoms with E-state index in [1.165, 1.54) is 0 Å². The van der Waals surface area contributed by atoms with Gasteiger partial charge >= 0.3 is 5.97 Å². The Kier molecular flexibility index (Phi) is 4.32. The lowest BCUT2D eigenvalue weighted by Crippen LogP contribution is -2.46. The van der Waals surface area contributed by atoms with Crippen molar-refractivity contribution in [2.75, 3.05) is 19.8 Å². The molecule has 1 fully saturated rings. The Hall–Kier alpha value is -2.34. The predicted molar refractivity (Wildman–Crippen MR) is 90.2 cm³/mol. The summed E-state index contributed by atoms with van der Waals surface area (Å²) in [4.78, 5) is 27.2. The molecule has 6 nitrogen and oxygen atoms in total. The minimum Gasteiger partial charge on any atom is -0.481 e. The van der Waals surface area contributed by atoms with Crippen LogP contribution in [-0.2, 0) is 9.53 Å².